The van der Waals surface area contributed by atoms with Crippen LogP contribution in [0.3, 0.4) is 0 Å². The van der Waals surface area contributed by atoms with Gasteiger partial charge in [0.15, 0.2) is 0 Å². The van der Waals surface area contributed by atoms with Crippen LogP contribution in [0, 0.1) is 0 Å². The molecule has 352 valence electrons. The molecule has 2 heteroatoms. The highest BCUT2D eigenvalue weighted by Gasteiger charge is 2.46. The van der Waals surface area contributed by atoms with Crippen LogP contribution in [0.4, 0.5) is 17.1 Å². The molecule has 0 amide bonds. The molecule has 75 heavy (non-hydrogen) atoms. The standard InChI is InChI=1S/C73H49NO/c1-5-17-50(18-6-1)52-35-42-60(43-36-52)74(61-44-37-53(38-45-61)51-31-33-54(34-32-51)57-39-48-69-66(49-57)72-64(27-16-30-70(72)75-69)56-21-9-3-10-22-56)62-46-40-59(41-47-62)73(58-23-11-4-12-24-58)67-28-14-13-25-65(67)71-63(26-15-29-68(71)73)55-19-7-2-8-20-55/h1-49H. The van der Waals surface area contributed by atoms with Crippen molar-refractivity contribution in [1.82, 2.24) is 0 Å². The minimum Gasteiger partial charge on any atom is -0.456 e. The van der Waals surface area contributed by atoms with Gasteiger partial charge in [0, 0.05) is 27.8 Å². The van der Waals surface area contributed by atoms with Crippen molar-refractivity contribution in [1.29, 1.82) is 0 Å². The maximum absolute atomic E-state index is 6.37. The van der Waals surface area contributed by atoms with Crippen molar-refractivity contribution in [3.63, 3.8) is 0 Å². The summed E-state index contributed by atoms with van der Waals surface area (Å²) in [5.74, 6) is 0. The summed E-state index contributed by atoms with van der Waals surface area (Å²) >= 11 is 0. The van der Waals surface area contributed by atoms with Gasteiger partial charge in [-0.2, -0.15) is 0 Å². The smallest absolute Gasteiger partial charge is 0.136 e. The Bertz CT molecular complexity index is 4170. The number of hydrogen-bond acceptors (Lipinski definition) is 2. The van der Waals surface area contributed by atoms with Crippen LogP contribution >= 0.6 is 0 Å². The van der Waals surface area contributed by atoms with E-state index in [0.717, 1.165) is 61.3 Å². The molecule has 0 bridgehead atoms. The number of nitrogens with zero attached hydrogens (tertiary/aromatic N) is 1. The second-order valence-corrected chi connectivity index (χ2v) is 19.5. The van der Waals surface area contributed by atoms with Crippen molar-refractivity contribution >= 4 is 39.0 Å². The van der Waals surface area contributed by atoms with E-state index in [1.807, 2.05) is 0 Å². The lowest BCUT2D eigenvalue weighted by atomic mass is 9.67. The highest BCUT2D eigenvalue weighted by Crippen LogP contribution is 2.58. The Kier molecular flexibility index (Phi) is 10.8. The van der Waals surface area contributed by atoms with Gasteiger partial charge < -0.3 is 9.32 Å². The number of hydrogen-bond donors (Lipinski definition) is 0. The van der Waals surface area contributed by atoms with Crippen molar-refractivity contribution in [2.45, 2.75) is 5.41 Å². The first-order valence-corrected chi connectivity index (χ1v) is 25.8. The number of fused-ring (bicyclic) bond motifs is 6. The summed E-state index contributed by atoms with van der Waals surface area (Å²) in [6.07, 6.45) is 0. The molecule has 0 saturated heterocycles. The van der Waals surface area contributed by atoms with Gasteiger partial charge in [0.1, 0.15) is 11.2 Å². The molecule has 2 nitrogen and oxygen atoms in total. The molecule has 0 aliphatic heterocycles. The van der Waals surface area contributed by atoms with E-state index in [1.54, 1.807) is 0 Å². The molecule has 0 radical (unpaired) electrons. The fraction of sp³-hybridized carbons (Fsp3) is 0.0137. The summed E-state index contributed by atoms with van der Waals surface area (Å²) in [5, 5.41) is 2.27. The highest BCUT2D eigenvalue weighted by molar-refractivity contribution is 6.13. The van der Waals surface area contributed by atoms with E-state index in [-0.39, 0.29) is 0 Å². The second-order valence-electron chi connectivity index (χ2n) is 19.5. The van der Waals surface area contributed by atoms with Gasteiger partial charge in [-0.3, -0.25) is 0 Å². The van der Waals surface area contributed by atoms with Gasteiger partial charge in [-0.1, -0.05) is 243 Å². The molecule has 13 aromatic rings. The second kappa shape index (κ2) is 18.4. The summed E-state index contributed by atoms with van der Waals surface area (Å²) in [6, 6.07) is 108. The van der Waals surface area contributed by atoms with E-state index < -0.39 is 5.41 Å². The summed E-state index contributed by atoms with van der Waals surface area (Å²) in [7, 11) is 0. The molecule has 0 spiro atoms. The van der Waals surface area contributed by atoms with E-state index in [0.29, 0.717) is 0 Å². The predicted molar refractivity (Wildman–Crippen MR) is 313 cm³/mol. The molecule has 12 aromatic carbocycles. The van der Waals surface area contributed by atoms with Crippen LogP contribution in [0.1, 0.15) is 22.3 Å². The Morgan fingerprint density at radius 1 is 0.267 bits per heavy atom. The minimum atomic E-state index is -0.540. The molecule has 1 atom stereocenters. The average molecular weight is 956 g/mol. The summed E-state index contributed by atoms with van der Waals surface area (Å²) in [4.78, 5) is 2.38. The van der Waals surface area contributed by atoms with Gasteiger partial charge >= 0.3 is 0 Å². The topological polar surface area (TPSA) is 16.4 Å². The van der Waals surface area contributed by atoms with Crippen LogP contribution in [0.5, 0.6) is 0 Å². The quantitative estimate of drug-likeness (QED) is 0.136. The van der Waals surface area contributed by atoms with Crippen LogP contribution in [-0.2, 0) is 5.41 Å². The zero-order valence-electron chi connectivity index (χ0n) is 41.1. The van der Waals surface area contributed by atoms with Crippen LogP contribution in [-0.4, -0.2) is 0 Å². The molecule has 1 aliphatic rings. The van der Waals surface area contributed by atoms with Crippen LogP contribution in [0.15, 0.2) is 302 Å². The van der Waals surface area contributed by atoms with E-state index >= 15 is 0 Å². The Labute approximate surface area is 437 Å². The molecule has 14 rings (SSSR count). The van der Waals surface area contributed by atoms with Crippen molar-refractivity contribution in [2.24, 2.45) is 0 Å². The molecule has 1 aromatic heterocycles. The van der Waals surface area contributed by atoms with E-state index in [1.165, 1.54) is 66.8 Å². The monoisotopic (exact) mass is 955 g/mol. The molecular formula is C73H49NO. The first-order chi connectivity index (χ1) is 37.2. The first-order valence-electron chi connectivity index (χ1n) is 25.8. The zero-order valence-corrected chi connectivity index (χ0v) is 41.1. The number of benzene rings is 12. The van der Waals surface area contributed by atoms with Gasteiger partial charge in [0.25, 0.3) is 0 Å². The third kappa shape index (κ3) is 7.49. The van der Waals surface area contributed by atoms with Crippen LogP contribution in [0.25, 0.3) is 88.7 Å². The van der Waals surface area contributed by atoms with Crippen LogP contribution < -0.4 is 4.90 Å². The summed E-state index contributed by atoms with van der Waals surface area (Å²) < 4.78 is 6.37. The Hall–Kier alpha value is -9.76. The summed E-state index contributed by atoms with van der Waals surface area (Å²) in [6.45, 7) is 0. The van der Waals surface area contributed by atoms with E-state index in [4.69, 9.17) is 4.42 Å². The largest absolute Gasteiger partial charge is 0.456 e. The molecule has 0 fully saturated rings. The van der Waals surface area contributed by atoms with Crippen molar-refractivity contribution in [3.8, 4) is 66.8 Å². The van der Waals surface area contributed by atoms with E-state index in [9.17, 15) is 0 Å². The molecular weight excluding hydrogens is 907 g/mol. The zero-order chi connectivity index (χ0) is 49.7. The molecule has 1 aliphatic carbocycles. The number of furan rings is 1. The lowest BCUT2D eigenvalue weighted by molar-refractivity contribution is 0.669. The van der Waals surface area contributed by atoms with E-state index in [2.05, 4.69) is 302 Å². The fourth-order valence-corrected chi connectivity index (χ4v) is 11.9. The Morgan fingerprint density at radius 3 is 1.29 bits per heavy atom. The van der Waals surface area contributed by atoms with Crippen molar-refractivity contribution in [2.75, 3.05) is 4.90 Å². The highest BCUT2D eigenvalue weighted by atomic mass is 16.3. The maximum atomic E-state index is 6.37. The van der Waals surface area contributed by atoms with Gasteiger partial charge in [0.2, 0.25) is 0 Å². The molecule has 0 N–H and O–H groups in total. The van der Waals surface area contributed by atoms with Gasteiger partial charge in [-0.05, 0) is 144 Å². The molecule has 1 heterocycles. The summed E-state index contributed by atoms with van der Waals surface area (Å²) in [5.41, 5.74) is 24.0. The maximum Gasteiger partial charge on any atom is 0.136 e. The molecule has 1 unspecified atom stereocenters. The Morgan fingerprint density at radius 2 is 0.680 bits per heavy atom. The lowest BCUT2D eigenvalue weighted by Crippen LogP contribution is -2.28. The van der Waals surface area contributed by atoms with Gasteiger partial charge in [-0.15, -0.1) is 0 Å². The van der Waals surface area contributed by atoms with Gasteiger partial charge in [0.05, 0.1) is 5.41 Å². The fourth-order valence-electron chi connectivity index (χ4n) is 11.9. The number of rotatable bonds is 10. The van der Waals surface area contributed by atoms with Crippen molar-refractivity contribution < 1.29 is 4.42 Å². The third-order valence-corrected chi connectivity index (χ3v) is 15.4. The van der Waals surface area contributed by atoms with Crippen LogP contribution in [0.2, 0.25) is 0 Å². The number of anilines is 3. The molecule has 0 saturated carbocycles. The minimum absolute atomic E-state index is 0.540. The first kappa shape index (κ1) is 44.0. The lowest BCUT2D eigenvalue weighted by Gasteiger charge is -2.34. The SMILES string of the molecule is c1ccc(-c2ccc(N(c3ccc(-c4ccc(-c5ccc6oc7cccc(-c8ccccc8)c7c6c5)cc4)cc3)c3ccc(C4(c5ccccc5)c5ccccc5-c5c(-c6ccccc6)cccc54)cc3)cc2)cc1. The Balaban J connectivity index is 0.835. The van der Waals surface area contributed by atoms with Crippen molar-refractivity contribution in [3.05, 3.63) is 320 Å². The predicted octanol–water partition coefficient (Wildman–Crippen LogP) is 19.8. The normalized spacial score (nSPS) is 13.7. The average Bonchev–Trinajstić information content (AvgIpc) is 4.05. The third-order valence-electron chi connectivity index (χ3n) is 15.4. The van der Waals surface area contributed by atoms with Gasteiger partial charge in [-0.25, -0.2) is 0 Å².